The third-order valence-electron chi connectivity index (χ3n) is 5.26. The molecule has 4 rings (SSSR count). The zero-order chi connectivity index (χ0) is 17.0. The maximum Gasteiger partial charge on any atom is 0.0892 e. The lowest BCUT2D eigenvalue weighted by atomic mass is 9.88. The average molecular weight is 339 g/mol. The van der Waals surface area contributed by atoms with Crippen LogP contribution in [0.4, 0.5) is 0 Å². The Balaban J connectivity index is 1.24. The van der Waals surface area contributed by atoms with Gasteiger partial charge in [0.1, 0.15) is 0 Å². The van der Waals surface area contributed by atoms with Crippen molar-refractivity contribution in [3.05, 3.63) is 60.2 Å². The molecule has 0 amide bonds. The molecular weight excluding hydrogens is 314 g/mol. The minimum Gasteiger partial charge on any atom is -0.372 e. The highest BCUT2D eigenvalue weighted by Crippen LogP contribution is 2.37. The maximum absolute atomic E-state index is 6.20. The van der Waals surface area contributed by atoms with Gasteiger partial charge in [-0.05, 0) is 36.6 Å². The number of rotatable bonds is 5. The summed E-state index contributed by atoms with van der Waals surface area (Å²) in [5.74, 6) is 0. The van der Waals surface area contributed by atoms with Gasteiger partial charge in [-0.25, -0.2) is 0 Å². The van der Waals surface area contributed by atoms with Crippen LogP contribution in [0, 0.1) is 0 Å². The lowest BCUT2D eigenvalue weighted by Crippen LogP contribution is -2.43. The monoisotopic (exact) mass is 339 g/mol. The Bertz CT molecular complexity index is 657. The Morgan fingerprint density at radius 2 is 2.08 bits per heavy atom. The fourth-order valence-corrected chi connectivity index (χ4v) is 3.81. The number of likely N-dealkylation sites (tertiary alicyclic amines) is 1. The van der Waals surface area contributed by atoms with Gasteiger partial charge in [-0.15, -0.1) is 0 Å². The predicted molar refractivity (Wildman–Crippen MR) is 94.9 cm³/mol. The standard InChI is InChI=1S/C20H25N3O2/c1-2-9-22-18(5-1)15-24-19-12-20(25-16-19)6-10-23(11-7-20)14-17-4-3-8-21-13-17/h1-5,8-9,13,19H,6-7,10-12,14-16H2/t19-/m1/s1. The van der Waals surface area contributed by atoms with Gasteiger partial charge in [-0.2, -0.15) is 0 Å². The van der Waals surface area contributed by atoms with Gasteiger partial charge in [0.15, 0.2) is 0 Å². The molecule has 2 fully saturated rings. The normalized spacial score (nSPS) is 23.1. The maximum atomic E-state index is 6.20. The van der Waals surface area contributed by atoms with Crippen molar-refractivity contribution in [3.63, 3.8) is 0 Å². The summed E-state index contributed by atoms with van der Waals surface area (Å²) in [4.78, 5) is 11.0. The van der Waals surface area contributed by atoms with Crippen molar-refractivity contribution in [2.45, 2.75) is 44.1 Å². The highest BCUT2D eigenvalue weighted by atomic mass is 16.6. The van der Waals surface area contributed by atoms with E-state index in [0.29, 0.717) is 13.2 Å². The van der Waals surface area contributed by atoms with Crippen LogP contribution >= 0.6 is 0 Å². The van der Waals surface area contributed by atoms with Crippen molar-refractivity contribution in [2.75, 3.05) is 19.7 Å². The van der Waals surface area contributed by atoms with E-state index in [2.05, 4.69) is 20.9 Å². The number of pyridine rings is 2. The summed E-state index contributed by atoms with van der Waals surface area (Å²) in [5, 5.41) is 0. The SMILES string of the molecule is c1ccc(CO[C@H]2COC3(CCN(Cc4cccnc4)CC3)C2)nc1. The van der Waals surface area contributed by atoms with Crippen LogP contribution in [0.25, 0.3) is 0 Å². The molecule has 25 heavy (non-hydrogen) atoms. The van der Waals surface area contributed by atoms with Crippen molar-refractivity contribution < 1.29 is 9.47 Å². The zero-order valence-electron chi connectivity index (χ0n) is 14.5. The van der Waals surface area contributed by atoms with Crippen molar-refractivity contribution in [2.24, 2.45) is 0 Å². The summed E-state index contributed by atoms with van der Waals surface area (Å²) in [6.07, 6.45) is 8.94. The zero-order valence-corrected chi connectivity index (χ0v) is 14.5. The first-order valence-electron chi connectivity index (χ1n) is 9.08. The van der Waals surface area contributed by atoms with Crippen LogP contribution < -0.4 is 0 Å². The Labute approximate surface area is 149 Å². The van der Waals surface area contributed by atoms with Gasteiger partial charge < -0.3 is 9.47 Å². The van der Waals surface area contributed by atoms with Gasteiger partial charge in [0.25, 0.3) is 0 Å². The summed E-state index contributed by atoms with van der Waals surface area (Å²) in [6, 6.07) is 10.1. The fraction of sp³-hybridized carbons (Fsp3) is 0.500. The van der Waals surface area contributed by atoms with E-state index in [4.69, 9.17) is 9.47 Å². The summed E-state index contributed by atoms with van der Waals surface area (Å²) < 4.78 is 12.2. The van der Waals surface area contributed by atoms with E-state index in [1.165, 1.54) is 5.56 Å². The van der Waals surface area contributed by atoms with E-state index in [9.17, 15) is 0 Å². The van der Waals surface area contributed by atoms with Gasteiger partial charge in [-0.3, -0.25) is 14.9 Å². The average Bonchev–Trinajstić information content (AvgIpc) is 3.07. The molecule has 0 bridgehead atoms. The Morgan fingerprint density at radius 3 is 2.84 bits per heavy atom. The van der Waals surface area contributed by atoms with Crippen LogP contribution in [-0.4, -0.2) is 46.3 Å². The molecule has 132 valence electrons. The molecule has 0 unspecified atom stereocenters. The summed E-state index contributed by atoms with van der Waals surface area (Å²) >= 11 is 0. The summed E-state index contributed by atoms with van der Waals surface area (Å²) in [7, 11) is 0. The largest absolute Gasteiger partial charge is 0.372 e. The van der Waals surface area contributed by atoms with E-state index < -0.39 is 0 Å². The molecule has 4 heterocycles. The van der Waals surface area contributed by atoms with Gasteiger partial charge in [0.2, 0.25) is 0 Å². The first kappa shape index (κ1) is 16.6. The second-order valence-corrected chi connectivity index (χ2v) is 7.09. The predicted octanol–water partition coefficient (Wildman–Crippen LogP) is 2.82. The molecule has 5 nitrogen and oxygen atoms in total. The first-order valence-corrected chi connectivity index (χ1v) is 9.08. The molecule has 0 radical (unpaired) electrons. The van der Waals surface area contributed by atoms with Crippen molar-refractivity contribution in [1.82, 2.24) is 14.9 Å². The first-order chi connectivity index (χ1) is 12.3. The van der Waals surface area contributed by atoms with Crippen LogP contribution in [-0.2, 0) is 22.6 Å². The number of hydrogen-bond acceptors (Lipinski definition) is 5. The highest BCUT2D eigenvalue weighted by molar-refractivity contribution is 5.09. The quantitative estimate of drug-likeness (QED) is 0.838. The van der Waals surface area contributed by atoms with Gasteiger partial charge >= 0.3 is 0 Å². The van der Waals surface area contributed by atoms with E-state index >= 15 is 0 Å². The van der Waals surface area contributed by atoms with E-state index in [1.807, 2.05) is 42.9 Å². The molecule has 2 saturated heterocycles. The Morgan fingerprint density at radius 1 is 1.16 bits per heavy atom. The molecule has 2 aliphatic rings. The third-order valence-corrected chi connectivity index (χ3v) is 5.26. The molecule has 2 aliphatic heterocycles. The highest BCUT2D eigenvalue weighted by Gasteiger charge is 2.43. The molecular formula is C20H25N3O2. The van der Waals surface area contributed by atoms with Crippen LogP contribution in [0.1, 0.15) is 30.5 Å². The molecule has 0 N–H and O–H groups in total. The number of piperidine rings is 1. The summed E-state index contributed by atoms with van der Waals surface area (Å²) in [5.41, 5.74) is 2.28. The van der Waals surface area contributed by atoms with Crippen molar-refractivity contribution in [3.8, 4) is 0 Å². The minimum atomic E-state index is 0.0141. The molecule has 1 atom stereocenters. The number of aromatic nitrogens is 2. The van der Waals surface area contributed by atoms with E-state index in [0.717, 1.165) is 44.6 Å². The number of hydrogen-bond donors (Lipinski definition) is 0. The molecule has 2 aromatic heterocycles. The van der Waals surface area contributed by atoms with Crippen LogP contribution in [0.3, 0.4) is 0 Å². The summed E-state index contributed by atoms with van der Waals surface area (Å²) in [6.45, 7) is 4.39. The Hall–Kier alpha value is -1.82. The van der Waals surface area contributed by atoms with E-state index in [1.54, 1.807) is 0 Å². The number of nitrogens with zero attached hydrogens (tertiary/aromatic N) is 3. The fourth-order valence-electron chi connectivity index (χ4n) is 3.81. The minimum absolute atomic E-state index is 0.0141. The molecule has 5 heteroatoms. The molecule has 1 spiro atoms. The third kappa shape index (κ3) is 4.24. The second kappa shape index (κ2) is 7.60. The van der Waals surface area contributed by atoms with Crippen LogP contribution in [0.5, 0.6) is 0 Å². The molecule has 0 aromatic carbocycles. The lowest BCUT2D eigenvalue weighted by Gasteiger charge is -2.38. The smallest absolute Gasteiger partial charge is 0.0892 e. The number of ether oxygens (including phenoxy) is 2. The lowest BCUT2D eigenvalue weighted by molar-refractivity contribution is -0.0468. The second-order valence-electron chi connectivity index (χ2n) is 7.09. The van der Waals surface area contributed by atoms with Crippen LogP contribution in [0.15, 0.2) is 48.9 Å². The van der Waals surface area contributed by atoms with Gasteiger partial charge in [0.05, 0.1) is 30.6 Å². The van der Waals surface area contributed by atoms with E-state index in [-0.39, 0.29) is 11.7 Å². The van der Waals surface area contributed by atoms with Gasteiger partial charge in [0, 0.05) is 44.6 Å². The van der Waals surface area contributed by atoms with Crippen molar-refractivity contribution in [1.29, 1.82) is 0 Å². The molecule has 0 aliphatic carbocycles. The molecule has 2 aromatic rings. The molecule has 0 saturated carbocycles. The van der Waals surface area contributed by atoms with Crippen LogP contribution in [0.2, 0.25) is 0 Å². The topological polar surface area (TPSA) is 47.5 Å². The van der Waals surface area contributed by atoms with Crippen molar-refractivity contribution >= 4 is 0 Å². The van der Waals surface area contributed by atoms with Gasteiger partial charge in [-0.1, -0.05) is 12.1 Å². The Kier molecular flexibility index (Phi) is 5.06.